The van der Waals surface area contributed by atoms with E-state index >= 15 is 0 Å². The molecule has 0 bridgehead atoms. The first-order valence-electron chi connectivity index (χ1n) is 7.84. The molecule has 1 unspecified atom stereocenters. The summed E-state index contributed by atoms with van der Waals surface area (Å²) in [4.78, 5) is 13.7. The monoisotopic (exact) mass is 371 g/mol. The second-order valence-corrected chi connectivity index (χ2v) is 7.84. The average molecular weight is 371 g/mol. The summed E-state index contributed by atoms with van der Waals surface area (Å²) < 4.78 is 33.3. The second kappa shape index (κ2) is 6.69. The molecule has 2 aromatic carbocycles. The fourth-order valence-corrected chi connectivity index (χ4v) is 4.22. The first-order chi connectivity index (χ1) is 12.3. The number of sulfonamides is 1. The molecule has 0 aliphatic carbocycles. The smallest absolute Gasteiger partial charge is 0.265 e. The van der Waals surface area contributed by atoms with E-state index in [2.05, 4.69) is 0 Å². The summed E-state index contributed by atoms with van der Waals surface area (Å²) in [7, 11) is -0.799. The molecule has 0 radical (unpaired) electrons. The van der Waals surface area contributed by atoms with Gasteiger partial charge in [0.15, 0.2) is 6.10 Å². The molecule has 0 spiro atoms. The van der Waals surface area contributed by atoms with Crippen LogP contribution in [0.4, 0.5) is 5.69 Å². The lowest BCUT2D eigenvalue weighted by atomic mass is 10.2. The molecule has 2 aromatic rings. The Morgan fingerprint density at radius 3 is 2.65 bits per heavy atom. The number of ether oxygens (including phenoxy) is 1. The zero-order chi connectivity index (χ0) is 18.9. The highest BCUT2D eigenvalue weighted by molar-refractivity contribution is 7.92. The molecule has 0 N–H and O–H groups in total. The number of amides is 1. The lowest BCUT2D eigenvalue weighted by Gasteiger charge is -2.35. The van der Waals surface area contributed by atoms with Crippen molar-refractivity contribution in [1.82, 2.24) is 4.90 Å². The minimum Gasteiger partial charge on any atom is -0.476 e. The predicted octanol–water partition coefficient (Wildman–Crippen LogP) is 1.60. The van der Waals surface area contributed by atoms with E-state index in [4.69, 9.17) is 10.00 Å². The summed E-state index contributed by atoms with van der Waals surface area (Å²) in [6.45, 7) is -0.146. The average Bonchev–Trinajstić information content (AvgIpc) is 2.66. The molecular weight excluding hydrogens is 354 g/mol. The zero-order valence-corrected chi connectivity index (χ0v) is 15.1. The van der Waals surface area contributed by atoms with Crippen molar-refractivity contribution in [1.29, 1.82) is 5.26 Å². The standard InChI is InChI=1S/C18H17N3O4S/c1-20(2)18(22)17-12-21(15-8-3-4-9-16(15)25-17)26(23,24)14-7-5-6-13(10-14)11-19/h3-10,17H,12H2,1-2H3. The van der Waals surface area contributed by atoms with Gasteiger partial charge in [0.2, 0.25) is 0 Å². The molecule has 8 heteroatoms. The maximum Gasteiger partial charge on any atom is 0.265 e. The lowest BCUT2D eigenvalue weighted by molar-refractivity contribution is -0.135. The van der Waals surface area contributed by atoms with Crippen LogP contribution in [0.2, 0.25) is 0 Å². The molecule has 0 saturated heterocycles. The number of para-hydroxylation sites is 2. The van der Waals surface area contributed by atoms with Crippen molar-refractivity contribution in [3.05, 3.63) is 54.1 Å². The van der Waals surface area contributed by atoms with E-state index < -0.39 is 16.1 Å². The van der Waals surface area contributed by atoms with Crippen LogP contribution in [-0.4, -0.2) is 46.0 Å². The third-order valence-electron chi connectivity index (χ3n) is 4.00. The third kappa shape index (κ3) is 3.09. The van der Waals surface area contributed by atoms with E-state index in [0.29, 0.717) is 11.4 Å². The number of anilines is 1. The summed E-state index contributed by atoms with van der Waals surface area (Å²) >= 11 is 0. The quantitative estimate of drug-likeness (QED) is 0.817. The van der Waals surface area contributed by atoms with Gasteiger partial charge in [0.1, 0.15) is 5.75 Å². The van der Waals surface area contributed by atoms with Gasteiger partial charge in [-0.15, -0.1) is 0 Å². The molecule has 0 fully saturated rings. The highest BCUT2D eigenvalue weighted by Crippen LogP contribution is 2.37. The van der Waals surface area contributed by atoms with Crippen LogP contribution in [0.5, 0.6) is 5.75 Å². The Labute approximate surface area is 152 Å². The summed E-state index contributed by atoms with van der Waals surface area (Å²) in [6.07, 6.45) is -0.950. The Bertz CT molecular complexity index is 995. The number of benzene rings is 2. The number of hydrogen-bond donors (Lipinski definition) is 0. The van der Waals surface area contributed by atoms with Crippen molar-refractivity contribution < 1.29 is 17.9 Å². The molecular formula is C18H17N3O4S. The fraction of sp³-hybridized carbons (Fsp3) is 0.222. The van der Waals surface area contributed by atoms with Crippen LogP contribution in [0.15, 0.2) is 53.4 Å². The summed E-state index contributed by atoms with van der Waals surface area (Å²) in [5, 5.41) is 9.04. The molecule has 134 valence electrons. The number of carbonyl (C=O) groups excluding carboxylic acids is 1. The van der Waals surface area contributed by atoms with E-state index in [0.717, 1.165) is 4.31 Å². The van der Waals surface area contributed by atoms with E-state index in [1.807, 2.05) is 6.07 Å². The highest BCUT2D eigenvalue weighted by atomic mass is 32.2. The van der Waals surface area contributed by atoms with Crippen LogP contribution in [0.1, 0.15) is 5.56 Å². The SMILES string of the molecule is CN(C)C(=O)C1CN(S(=O)(=O)c2cccc(C#N)c2)c2ccccc2O1. The zero-order valence-electron chi connectivity index (χ0n) is 14.3. The molecule has 7 nitrogen and oxygen atoms in total. The van der Waals surface area contributed by atoms with Gasteiger partial charge >= 0.3 is 0 Å². The Kier molecular flexibility index (Phi) is 4.57. The van der Waals surface area contributed by atoms with E-state index in [1.165, 1.54) is 29.2 Å². The van der Waals surface area contributed by atoms with Crippen LogP contribution in [0.3, 0.4) is 0 Å². The van der Waals surface area contributed by atoms with E-state index in [9.17, 15) is 13.2 Å². The molecule has 0 saturated carbocycles. The molecule has 3 rings (SSSR count). The molecule has 1 amide bonds. The topological polar surface area (TPSA) is 90.7 Å². The Morgan fingerprint density at radius 1 is 1.23 bits per heavy atom. The Hall–Kier alpha value is -3.05. The largest absolute Gasteiger partial charge is 0.476 e. The van der Waals surface area contributed by atoms with Crippen molar-refractivity contribution in [3.63, 3.8) is 0 Å². The number of carbonyl (C=O) groups is 1. The number of rotatable bonds is 3. The minimum atomic E-state index is -3.97. The Morgan fingerprint density at radius 2 is 1.96 bits per heavy atom. The van der Waals surface area contributed by atoms with Crippen molar-refractivity contribution in [3.8, 4) is 11.8 Å². The van der Waals surface area contributed by atoms with Gasteiger partial charge in [-0.2, -0.15) is 5.26 Å². The van der Waals surface area contributed by atoms with Gasteiger partial charge in [0, 0.05) is 14.1 Å². The summed E-state index contributed by atoms with van der Waals surface area (Å²) in [5.41, 5.74) is 0.603. The minimum absolute atomic E-state index is 0.00990. The first kappa shape index (κ1) is 17.8. The van der Waals surface area contributed by atoms with Crippen molar-refractivity contribution in [2.45, 2.75) is 11.0 Å². The van der Waals surface area contributed by atoms with Crippen LogP contribution in [0, 0.1) is 11.3 Å². The fourth-order valence-electron chi connectivity index (χ4n) is 2.70. The molecule has 1 heterocycles. The van der Waals surface area contributed by atoms with Crippen molar-refractivity contribution in [2.24, 2.45) is 0 Å². The van der Waals surface area contributed by atoms with Gasteiger partial charge in [-0.05, 0) is 30.3 Å². The van der Waals surface area contributed by atoms with E-state index in [-0.39, 0.29) is 22.9 Å². The number of nitrogens with zero attached hydrogens (tertiary/aromatic N) is 3. The molecule has 1 aliphatic rings. The van der Waals surface area contributed by atoms with Gasteiger partial charge < -0.3 is 9.64 Å². The van der Waals surface area contributed by atoms with Crippen LogP contribution in [-0.2, 0) is 14.8 Å². The number of hydrogen-bond acceptors (Lipinski definition) is 5. The Balaban J connectivity index is 2.09. The van der Waals surface area contributed by atoms with Crippen LogP contribution in [0.25, 0.3) is 0 Å². The van der Waals surface area contributed by atoms with Crippen molar-refractivity contribution >= 4 is 21.6 Å². The lowest BCUT2D eigenvalue weighted by Crippen LogP contribution is -2.50. The number of nitriles is 1. The number of likely N-dealkylation sites (N-methyl/N-ethyl adjacent to an activating group) is 1. The predicted molar refractivity (Wildman–Crippen MR) is 95.2 cm³/mol. The second-order valence-electron chi connectivity index (χ2n) is 5.98. The highest BCUT2D eigenvalue weighted by Gasteiger charge is 2.38. The third-order valence-corrected chi connectivity index (χ3v) is 5.78. The normalized spacial score (nSPS) is 16.2. The summed E-state index contributed by atoms with van der Waals surface area (Å²) in [6, 6.07) is 14.4. The summed E-state index contributed by atoms with van der Waals surface area (Å²) in [5.74, 6) is -0.00978. The van der Waals surface area contributed by atoms with Gasteiger partial charge in [-0.25, -0.2) is 8.42 Å². The maximum absolute atomic E-state index is 13.2. The van der Waals surface area contributed by atoms with Gasteiger partial charge in [0.25, 0.3) is 15.9 Å². The van der Waals surface area contributed by atoms with Crippen molar-refractivity contribution in [2.75, 3.05) is 24.9 Å². The number of fused-ring (bicyclic) bond motifs is 1. The van der Waals surface area contributed by atoms with E-state index in [1.54, 1.807) is 38.4 Å². The molecule has 0 aromatic heterocycles. The van der Waals surface area contributed by atoms with Gasteiger partial charge in [-0.1, -0.05) is 18.2 Å². The molecule has 1 aliphatic heterocycles. The van der Waals surface area contributed by atoms with Gasteiger partial charge in [0.05, 0.1) is 28.8 Å². The first-order valence-corrected chi connectivity index (χ1v) is 9.28. The molecule has 26 heavy (non-hydrogen) atoms. The molecule has 1 atom stereocenters. The van der Waals surface area contributed by atoms with Crippen LogP contribution < -0.4 is 9.04 Å². The van der Waals surface area contributed by atoms with Gasteiger partial charge in [-0.3, -0.25) is 9.10 Å². The van der Waals surface area contributed by atoms with Crippen LogP contribution >= 0.6 is 0 Å². The maximum atomic E-state index is 13.2.